The minimum atomic E-state index is 0.0989. The summed E-state index contributed by atoms with van der Waals surface area (Å²) >= 11 is 0. The third-order valence-corrected chi connectivity index (χ3v) is 2.09. The number of aromatic nitrogens is 2. The fourth-order valence-electron chi connectivity index (χ4n) is 1.33. The Hall–Kier alpha value is -1.36. The molecule has 0 unspecified atom stereocenters. The van der Waals surface area contributed by atoms with E-state index in [9.17, 15) is 0 Å². The minimum absolute atomic E-state index is 0.0989. The van der Waals surface area contributed by atoms with Crippen molar-refractivity contribution in [3.8, 4) is 0 Å². The first kappa shape index (κ1) is 12.7. The maximum absolute atomic E-state index is 8.72. The molecule has 3 N–H and O–H groups in total. The van der Waals surface area contributed by atoms with E-state index in [1.807, 2.05) is 13.0 Å². The van der Waals surface area contributed by atoms with E-state index in [0.717, 1.165) is 36.8 Å². The van der Waals surface area contributed by atoms with Crippen molar-refractivity contribution in [2.45, 2.75) is 26.7 Å². The zero-order valence-corrected chi connectivity index (χ0v) is 9.95. The van der Waals surface area contributed by atoms with Gasteiger partial charge in [-0.3, -0.25) is 0 Å². The average molecular weight is 224 g/mol. The van der Waals surface area contributed by atoms with Gasteiger partial charge in [-0.1, -0.05) is 13.3 Å². The van der Waals surface area contributed by atoms with Crippen LogP contribution in [0.25, 0.3) is 0 Å². The molecule has 0 saturated heterocycles. The summed E-state index contributed by atoms with van der Waals surface area (Å²) in [6.07, 6.45) is 2.29. The zero-order chi connectivity index (χ0) is 11.8. The molecule has 5 nitrogen and oxygen atoms in total. The van der Waals surface area contributed by atoms with Crippen LogP contribution in [0.2, 0.25) is 0 Å². The van der Waals surface area contributed by atoms with E-state index in [4.69, 9.17) is 5.11 Å². The number of hydrogen-bond donors (Lipinski definition) is 3. The molecule has 0 aliphatic heterocycles. The minimum Gasteiger partial charge on any atom is -0.395 e. The van der Waals surface area contributed by atoms with Gasteiger partial charge in [0.05, 0.1) is 6.61 Å². The molecule has 1 aromatic rings. The monoisotopic (exact) mass is 224 g/mol. The number of aryl methyl sites for hydroxylation is 1. The van der Waals surface area contributed by atoms with Gasteiger partial charge in [0.25, 0.3) is 0 Å². The van der Waals surface area contributed by atoms with Crippen LogP contribution in [-0.4, -0.2) is 34.8 Å². The number of aliphatic hydroxyl groups is 1. The van der Waals surface area contributed by atoms with Crippen molar-refractivity contribution in [1.82, 2.24) is 9.97 Å². The van der Waals surface area contributed by atoms with Gasteiger partial charge in [0.2, 0.25) is 0 Å². The van der Waals surface area contributed by atoms with E-state index in [0.29, 0.717) is 6.54 Å². The normalized spacial score (nSPS) is 10.2. The number of nitrogens with zero attached hydrogens (tertiary/aromatic N) is 2. The Morgan fingerprint density at radius 3 is 2.38 bits per heavy atom. The number of anilines is 2. The van der Waals surface area contributed by atoms with E-state index >= 15 is 0 Å². The molecule has 1 aromatic heterocycles. The molecule has 0 radical (unpaired) electrons. The van der Waals surface area contributed by atoms with Crippen molar-refractivity contribution in [2.75, 3.05) is 30.3 Å². The number of hydrogen-bond acceptors (Lipinski definition) is 5. The van der Waals surface area contributed by atoms with Crippen LogP contribution < -0.4 is 10.6 Å². The molecule has 0 atom stereocenters. The molecule has 16 heavy (non-hydrogen) atoms. The van der Waals surface area contributed by atoms with Gasteiger partial charge in [-0.05, 0) is 13.3 Å². The van der Waals surface area contributed by atoms with Crippen molar-refractivity contribution < 1.29 is 5.11 Å². The summed E-state index contributed by atoms with van der Waals surface area (Å²) in [6, 6.07) is 1.86. The lowest BCUT2D eigenvalue weighted by molar-refractivity contribution is 0.311. The number of rotatable bonds is 7. The Bertz CT molecular complexity index is 317. The predicted octanol–water partition coefficient (Wildman–Crippen LogP) is 1.40. The maximum atomic E-state index is 8.72. The molecular weight excluding hydrogens is 204 g/mol. The summed E-state index contributed by atoms with van der Waals surface area (Å²) < 4.78 is 0. The van der Waals surface area contributed by atoms with Gasteiger partial charge in [-0.2, -0.15) is 0 Å². The highest BCUT2D eigenvalue weighted by Crippen LogP contribution is 2.10. The van der Waals surface area contributed by atoms with Crippen LogP contribution in [0.3, 0.4) is 0 Å². The molecular formula is C11H20N4O. The zero-order valence-electron chi connectivity index (χ0n) is 9.95. The van der Waals surface area contributed by atoms with Crippen molar-refractivity contribution >= 4 is 11.6 Å². The molecule has 1 rings (SSSR count). The number of aliphatic hydroxyl groups excluding tert-OH is 1. The second kappa shape index (κ2) is 7.00. The second-order valence-corrected chi connectivity index (χ2v) is 3.62. The Labute approximate surface area is 96.3 Å². The van der Waals surface area contributed by atoms with Crippen molar-refractivity contribution in [1.29, 1.82) is 0 Å². The first-order valence-electron chi connectivity index (χ1n) is 5.70. The first-order chi connectivity index (χ1) is 7.76. The van der Waals surface area contributed by atoms with Crippen molar-refractivity contribution in [3.05, 3.63) is 11.9 Å². The Morgan fingerprint density at radius 1 is 1.19 bits per heavy atom. The standard InChI is InChI=1S/C11H20N4O/c1-3-4-5-12-10-8-11(13-6-7-16)15-9(2)14-10/h8,16H,3-7H2,1-2H3,(H2,12,13,14,15). The van der Waals surface area contributed by atoms with Gasteiger partial charge in [-0.25, -0.2) is 9.97 Å². The lowest BCUT2D eigenvalue weighted by Crippen LogP contribution is -2.10. The fourth-order valence-corrected chi connectivity index (χ4v) is 1.33. The van der Waals surface area contributed by atoms with Crippen LogP contribution in [0.4, 0.5) is 11.6 Å². The summed E-state index contributed by atoms with van der Waals surface area (Å²) in [4.78, 5) is 8.52. The average Bonchev–Trinajstić information content (AvgIpc) is 2.26. The first-order valence-corrected chi connectivity index (χ1v) is 5.70. The summed E-state index contributed by atoms with van der Waals surface area (Å²) in [6.45, 7) is 5.54. The number of nitrogens with one attached hydrogen (secondary N) is 2. The topological polar surface area (TPSA) is 70.1 Å². The summed E-state index contributed by atoms with van der Waals surface area (Å²) in [5.41, 5.74) is 0. The fraction of sp³-hybridized carbons (Fsp3) is 0.636. The van der Waals surface area contributed by atoms with Crippen LogP contribution in [-0.2, 0) is 0 Å². The highest BCUT2D eigenvalue weighted by atomic mass is 16.3. The molecule has 5 heteroatoms. The molecule has 0 saturated carbocycles. The highest BCUT2D eigenvalue weighted by molar-refractivity contribution is 5.47. The van der Waals surface area contributed by atoms with Gasteiger partial charge < -0.3 is 15.7 Å². The third-order valence-electron chi connectivity index (χ3n) is 2.09. The smallest absolute Gasteiger partial charge is 0.131 e. The van der Waals surface area contributed by atoms with E-state index < -0.39 is 0 Å². The molecule has 0 spiro atoms. The highest BCUT2D eigenvalue weighted by Gasteiger charge is 2.00. The lowest BCUT2D eigenvalue weighted by Gasteiger charge is -2.09. The molecule has 1 heterocycles. The molecule has 0 aromatic carbocycles. The van der Waals surface area contributed by atoms with E-state index in [-0.39, 0.29) is 6.61 Å². The van der Waals surface area contributed by atoms with Gasteiger partial charge >= 0.3 is 0 Å². The molecule has 0 aliphatic carbocycles. The van der Waals surface area contributed by atoms with Gasteiger partial charge in [0.1, 0.15) is 17.5 Å². The van der Waals surface area contributed by atoms with E-state index in [2.05, 4.69) is 27.5 Å². The van der Waals surface area contributed by atoms with Gasteiger partial charge in [-0.15, -0.1) is 0 Å². The lowest BCUT2D eigenvalue weighted by atomic mass is 10.3. The predicted molar refractivity (Wildman–Crippen MR) is 65.7 cm³/mol. The summed E-state index contributed by atoms with van der Waals surface area (Å²) in [7, 11) is 0. The molecule has 0 amide bonds. The second-order valence-electron chi connectivity index (χ2n) is 3.62. The van der Waals surface area contributed by atoms with E-state index in [1.165, 1.54) is 0 Å². The van der Waals surface area contributed by atoms with Crippen LogP contribution in [0, 0.1) is 6.92 Å². The van der Waals surface area contributed by atoms with Crippen LogP contribution in [0.1, 0.15) is 25.6 Å². The Morgan fingerprint density at radius 2 is 1.81 bits per heavy atom. The van der Waals surface area contributed by atoms with Crippen LogP contribution in [0.15, 0.2) is 6.07 Å². The molecule has 0 fully saturated rings. The quantitative estimate of drug-likeness (QED) is 0.611. The van der Waals surface area contributed by atoms with Crippen molar-refractivity contribution in [3.63, 3.8) is 0 Å². The number of unbranched alkanes of at least 4 members (excludes halogenated alkanes) is 1. The SMILES string of the molecule is CCCCNc1cc(NCCO)nc(C)n1. The van der Waals surface area contributed by atoms with Crippen LogP contribution in [0.5, 0.6) is 0 Å². The van der Waals surface area contributed by atoms with Gasteiger partial charge in [0, 0.05) is 19.2 Å². The Balaban J connectivity index is 2.58. The largest absolute Gasteiger partial charge is 0.395 e. The van der Waals surface area contributed by atoms with Crippen LogP contribution >= 0.6 is 0 Å². The van der Waals surface area contributed by atoms with E-state index in [1.54, 1.807) is 0 Å². The molecule has 90 valence electrons. The Kier molecular flexibility index (Phi) is 5.56. The third kappa shape index (κ3) is 4.44. The van der Waals surface area contributed by atoms with Crippen molar-refractivity contribution in [2.24, 2.45) is 0 Å². The summed E-state index contributed by atoms with van der Waals surface area (Å²) in [5.74, 6) is 2.31. The summed E-state index contributed by atoms with van der Waals surface area (Å²) in [5, 5.41) is 15.0. The maximum Gasteiger partial charge on any atom is 0.131 e. The van der Waals surface area contributed by atoms with Gasteiger partial charge in [0.15, 0.2) is 0 Å². The molecule has 0 aliphatic rings. The molecule has 0 bridgehead atoms.